The number of hydrogen-bond acceptors (Lipinski definition) is 4. The predicted octanol–water partition coefficient (Wildman–Crippen LogP) is 5.11. The number of nitrogens with one attached hydrogen (secondary N) is 1. The van der Waals surface area contributed by atoms with Crippen molar-refractivity contribution in [3.05, 3.63) is 64.9 Å². The number of aryl methyl sites for hydroxylation is 2. The molecule has 33 heavy (non-hydrogen) atoms. The smallest absolute Gasteiger partial charge is 0.287 e. The van der Waals surface area contributed by atoms with Crippen LogP contribution in [0.5, 0.6) is 0 Å². The normalized spacial score (nSPS) is 19.7. The molecule has 2 aromatic carbocycles. The average Bonchev–Trinajstić information content (AvgIpc) is 2.98. The Labute approximate surface area is 195 Å². The lowest BCUT2D eigenvalue weighted by Crippen LogP contribution is -2.31. The number of nitrogens with zero attached hydrogens (tertiary/aromatic N) is 1. The minimum atomic E-state index is -3.57. The highest BCUT2D eigenvalue weighted by molar-refractivity contribution is 7.89. The molecule has 0 radical (unpaired) electrons. The Hall–Kier alpha value is -2.64. The molecule has 1 N–H and O–H groups in total. The lowest BCUT2D eigenvalue weighted by Gasteiger charge is -2.26. The molecular weight excluding hydrogens is 436 g/mol. The van der Waals surface area contributed by atoms with Gasteiger partial charge in [0.1, 0.15) is 5.58 Å². The second-order valence-corrected chi connectivity index (χ2v) is 11.1. The van der Waals surface area contributed by atoms with Crippen molar-refractivity contribution < 1.29 is 17.6 Å². The van der Waals surface area contributed by atoms with E-state index < -0.39 is 10.0 Å². The van der Waals surface area contributed by atoms with Gasteiger partial charge in [-0.15, -0.1) is 0 Å². The van der Waals surface area contributed by atoms with E-state index in [-0.39, 0.29) is 22.6 Å². The molecule has 7 heteroatoms. The Morgan fingerprint density at radius 3 is 2.58 bits per heavy atom. The lowest BCUT2D eigenvalue weighted by molar-refractivity contribution is 0.0906. The van der Waals surface area contributed by atoms with Crippen molar-refractivity contribution in [3.8, 4) is 0 Å². The molecule has 1 atom stereocenters. The van der Waals surface area contributed by atoms with Crippen molar-refractivity contribution >= 4 is 26.9 Å². The van der Waals surface area contributed by atoms with Crippen LogP contribution in [0.15, 0.2) is 51.8 Å². The first kappa shape index (κ1) is 22.2. The van der Waals surface area contributed by atoms with E-state index >= 15 is 0 Å². The highest BCUT2D eigenvalue weighted by Gasteiger charge is 2.28. The predicted molar refractivity (Wildman–Crippen MR) is 128 cm³/mol. The van der Waals surface area contributed by atoms with Gasteiger partial charge in [-0.05, 0) is 68.4 Å². The number of carbonyl (C=O) groups excluding carboxylic acids is 1. The van der Waals surface area contributed by atoms with Gasteiger partial charge in [0, 0.05) is 24.0 Å². The van der Waals surface area contributed by atoms with Crippen molar-refractivity contribution in [1.29, 1.82) is 0 Å². The van der Waals surface area contributed by atoms with Crippen LogP contribution in [0.3, 0.4) is 0 Å². The van der Waals surface area contributed by atoms with Gasteiger partial charge in [0.25, 0.3) is 5.91 Å². The molecule has 1 fully saturated rings. The summed E-state index contributed by atoms with van der Waals surface area (Å²) in [5.74, 6) is -0.0142. The fraction of sp³-hybridized carbons (Fsp3) is 0.423. The van der Waals surface area contributed by atoms with Gasteiger partial charge in [0.15, 0.2) is 5.76 Å². The number of furan rings is 1. The van der Waals surface area contributed by atoms with Gasteiger partial charge in [-0.2, -0.15) is 4.31 Å². The van der Waals surface area contributed by atoms with Crippen LogP contribution in [0.2, 0.25) is 0 Å². The molecule has 2 heterocycles. The van der Waals surface area contributed by atoms with Gasteiger partial charge in [-0.25, -0.2) is 8.42 Å². The molecule has 1 aliphatic carbocycles. The van der Waals surface area contributed by atoms with Gasteiger partial charge in [0.05, 0.1) is 10.9 Å². The van der Waals surface area contributed by atoms with E-state index in [1.807, 2.05) is 19.1 Å². The Balaban J connectivity index is 1.43. The highest BCUT2D eigenvalue weighted by atomic mass is 32.2. The maximum atomic E-state index is 13.2. The van der Waals surface area contributed by atoms with Crippen LogP contribution in [-0.4, -0.2) is 31.7 Å². The van der Waals surface area contributed by atoms with E-state index in [4.69, 9.17) is 4.42 Å². The Bertz CT molecular complexity index is 1290. The number of benzene rings is 2. The number of amides is 1. The van der Waals surface area contributed by atoms with Gasteiger partial charge in [0.2, 0.25) is 10.0 Å². The zero-order chi connectivity index (χ0) is 23.0. The van der Waals surface area contributed by atoms with Crippen molar-refractivity contribution in [2.45, 2.75) is 62.8 Å². The summed E-state index contributed by atoms with van der Waals surface area (Å²) in [6.45, 7) is 2.93. The SMILES string of the molecule is Cc1c(C(=O)N[C@H]2CCCc3ccccc32)oc2ccc(S(=O)(=O)N3CCCCCC3)cc12. The van der Waals surface area contributed by atoms with Crippen LogP contribution in [0, 0.1) is 6.92 Å². The summed E-state index contributed by atoms with van der Waals surface area (Å²) in [4.78, 5) is 13.4. The third-order valence-corrected chi connectivity index (χ3v) is 8.89. The number of rotatable bonds is 4. The monoisotopic (exact) mass is 466 g/mol. The summed E-state index contributed by atoms with van der Waals surface area (Å²) in [6, 6.07) is 13.1. The first-order chi connectivity index (χ1) is 15.9. The number of hydrogen-bond donors (Lipinski definition) is 1. The summed E-state index contributed by atoms with van der Waals surface area (Å²) >= 11 is 0. The molecule has 0 spiro atoms. The molecular formula is C26H30N2O4S. The van der Waals surface area contributed by atoms with Crippen LogP contribution < -0.4 is 5.32 Å². The molecule has 1 aromatic heterocycles. The Morgan fingerprint density at radius 2 is 1.79 bits per heavy atom. The van der Waals surface area contributed by atoms with Gasteiger partial charge < -0.3 is 9.73 Å². The van der Waals surface area contributed by atoms with E-state index in [1.54, 1.807) is 22.5 Å². The summed E-state index contributed by atoms with van der Waals surface area (Å²) in [7, 11) is -3.57. The number of fused-ring (bicyclic) bond motifs is 2. The molecule has 6 nitrogen and oxygen atoms in total. The molecule has 1 amide bonds. The second-order valence-electron chi connectivity index (χ2n) is 9.15. The van der Waals surface area contributed by atoms with E-state index in [2.05, 4.69) is 17.4 Å². The fourth-order valence-electron chi connectivity index (χ4n) is 5.14. The molecule has 174 valence electrons. The molecule has 0 saturated carbocycles. The summed E-state index contributed by atoms with van der Waals surface area (Å²) in [6.07, 6.45) is 6.85. The maximum absolute atomic E-state index is 13.2. The summed E-state index contributed by atoms with van der Waals surface area (Å²) < 4.78 is 34.0. The molecule has 1 saturated heterocycles. The lowest BCUT2D eigenvalue weighted by atomic mass is 9.87. The van der Waals surface area contributed by atoms with Gasteiger partial charge in [-0.1, -0.05) is 37.1 Å². The van der Waals surface area contributed by atoms with E-state index in [1.165, 1.54) is 5.56 Å². The first-order valence-corrected chi connectivity index (χ1v) is 13.3. The molecule has 3 aromatic rings. The zero-order valence-corrected chi connectivity index (χ0v) is 19.8. The van der Waals surface area contributed by atoms with Gasteiger partial charge >= 0.3 is 0 Å². The first-order valence-electron chi connectivity index (χ1n) is 11.9. The van der Waals surface area contributed by atoms with Gasteiger partial charge in [-0.3, -0.25) is 4.79 Å². The van der Waals surface area contributed by atoms with E-state index in [0.717, 1.165) is 50.5 Å². The fourth-order valence-corrected chi connectivity index (χ4v) is 6.68. The quantitative estimate of drug-likeness (QED) is 0.579. The van der Waals surface area contributed by atoms with E-state index in [0.29, 0.717) is 29.6 Å². The standard InChI is InChI=1S/C26H30N2O4S/c1-18-22-17-20(33(30,31)28-15-6-2-3-7-16-28)13-14-24(22)32-25(18)26(29)27-23-12-8-10-19-9-4-5-11-21(19)23/h4-5,9,11,13-14,17,23H,2-3,6-8,10,12,15-16H2,1H3,(H,27,29)/t23-/m0/s1. The minimum absolute atomic E-state index is 0.0472. The van der Waals surface area contributed by atoms with Crippen LogP contribution in [-0.2, 0) is 16.4 Å². The van der Waals surface area contributed by atoms with Crippen LogP contribution in [0.25, 0.3) is 11.0 Å². The third kappa shape index (κ3) is 4.20. The third-order valence-electron chi connectivity index (χ3n) is 6.99. The van der Waals surface area contributed by atoms with Crippen molar-refractivity contribution in [3.63, 3.8) is 0 Å². The maximum Gasteiger partial charge on any atom is 0.287 e. The average molecular weight is 467 g/mol. The summed E-state index contributed by atoms with van der Waals surface area (Å²) in [5.41, 5.74) is 3.63. The van der Waals surface area contributed by atoms with Crippen LogP contribution >= 0.6 is 0 Å². The number of sulfonamides is 1. The Morgan fingerprint density at radius 1 is 1.03 bits per heavy atom. The summed E-state index contributed by atoms with van der Waals surface area (Å²) in [5, 5.41) is 3.80. The van der Waals surface area contributed by atoms with Crippen molar-refractivity contribution in [2.24, 2.45) is 0 Å². The largest absolute Gasteiger partial charge is 0.451 e. The highest BCUT2D eigenvalue weighted by Crippen LogP contribution is 2.32. The second kappa shape index (κ2) is 8.95. The van der Waals surface area contributed by atoms with E-state index in [9.17, 15) is 13.2 Å². The molecule has 2 aliphatic rings. The molecule has 0 bridgehead atoms. The Kier molecular flexibility index (Phi) is 6.01. The molecule has 5 rings (SSSR count). The van der Waals surface area contributed by atoms with Crippen molar-refractivity contribution in [1.82, 2.24) is 9.62 Å². The topological polar surface area (TPSA) is 79.6 Å². The van der Waals surface area contributed by atoms with Crippen molar-refractivity contribution in [2.75, 3.05) is 13.1 Å². The van der Waals surface area contributed by atoms with Crippen LogP contribution in [0.4, 0.5) is 0 Å². The molecule has 1 aliphatic heterocycles. The zero-order valence-electron chi connectivity index (χ0n) is 19.0. The number of carbonyl (C=O) groups is 1. The van der Waals surface area contributed by atoms with Crippen LogP contribution in [0.1, 0.15) is 71.8 Å². The molecule has 0 unspecified atom stereocenters. The minimum Gasteiger partial charge on any atom is -0.451 e.